The van der Waals surface area contributed by atoms with Gasteiger partial charge in [-0.1, -0.05) is 43.2 Å². The van der Waals surface area contributed by atoms with Gasteiger partial charge in [-0.3, -0.25) is 9.69 Å². The van der Waals surface area contributed by atoms with Gasteiger partial charge in [0.2, 0.25) is 5.89 Å². The van der Waals surface area contributed by atoms with Crippen molar-refractivity contribution in [1.29, 1.82) is 0 Å². The number of aliphatic carboxylic acids is 1. The minimum atomic E-state index is -0.723. The molecule has 0 radical (unpaired) electrons. The maximum Gasteiger partial charge on any atom is 0.320 e. The molecule has 5 heteroatoms. The van der Waals surface area contributed by atoms with Crippen LogP contribution in [0.3, 0.4) is 0 Å². The van der Waals surface area contributed by atoms with E-state index in [4.69, 9.17) is 4.42 Å². The van der Waals surface area contributed by atoms with Gasteiger partial charge in [0.05, 0.1) is 12.7 Å². The molecule has 0 spiro atoms. The Balaban J connectivity index is 1.55. The zero-order valence-corrected chi connectivity index (χ0v) is 13.6. The Bertz CT molecular complexity index is 712. The van der Waals surface area contributed by atoms with Crippen molar-refractivity contribution in [1.82, 2.24) is 9.88 Å². The molecule has 4 rings (SSSR count). The number of oxazole rings is 1. The average Bonchev–Trinajstić information content (AvgIpc) is 3.21. The van der Waals surface area contributed by atoms with E-state index in [1.165, 1.54) is 12.8 Å². The molecule has 5 nitrogen and oxygen atoms in total. The van der Waals surface area contributed by atoms with E-state index in [-0.39, 0.29) is 0 Å². The standard InChI is InChI=1S/C19H22N2O3/c22-19(23)16-10-14-8-4-5-9-15(14)21(16)12-18-20-11-17(24-18)13-6-2-1-3-7-13/h1-3,6-7,11,14-16H,4-5,8-10,12H2,(H,22,23)/t14-,15-,16-/m0/s1. The first-order valence-electron chi connectivity index (χ1n) is 8.71. The van der Waals surface area contributed by atoms with Crippen LogP contribution in [-0.4, -0.2) is 33.0 Å². The Morgan fingerprint density at radius 1 is 1.25 bits per heavy atom. The molecule has 3 atom stereocenters. The Morgan fingerprint density at radius 3 is 2.83 bits per heavy atom. The number of rotatable bonds is 4. The Hall–Kier alpha value is -2.14. The molecule has 2 aromatic rings. The molecule has 1 aliphatic carbocycles. The molecule has 1 saturated heterocycles. The summed E-state index contributed by atoms with van der Waals surface area (Å²) in [6.07, 6.45) is 7.12. The van der Waals surface area contributed by atoms with Gasteiger partial charge >= 0.3 is 5.97 Å². The summed E-state index contributed by atoms with van der Waals surface area (Å²) in [5.41, 5.74) is 0.989. The van der Waals surface area contributed by atoms with E-state index >= 15 is 0 Å². The van der Waals surface area contributed by atoms with Crippen LogP contribution in [0.15, 0.2) is 40.9 Å². The average molecular weight is 326 g/mol. The second kappa shape index (κ2) is 6.40. The third-order valence-corrected chi connectivity index (χ3v) is 5.44. The van der Waals surface area contributed by atoms with E-state index in [0.29, 0.717) is 24.4 Å². The van der Waals surface area contributed by atoms with Crippen LogP contribution in [0.5, 0.6) is 0 Å². The van der Waals surface area contributed by atoms with Crippen molar-refractivity contribution < 1.29 is 14.3 Å². The molecule has 0 amide bonds. The van der Waals surface area contributed by atoms with Crippen molar-refractivity contribution in [3.05, 3.63) is 42.4 Å². The van der Waals surface area contributed by atoms with E-state index in [1.807, 2.05) is 30.3 Å². The fourth-order valence-corrected chi connectivity index (χ4v) is 4.30. The zero-order valence-electron chi connectivity index (χ0n) is 13.6. The Kier molecular flexibility index (Phi) is 4.10. The molecule has 1 aromatic carbocycles. The highest BCUT2D eigenvalue weighted by Gasteiger charge is 2.45. The van der Waals surface area contributed by atoms with Crippen LogP contribution in [-0.2, 0) is 11.3 Å². The van der Waals surface area contributed by atoms with Gasteiger partial charge in [0, 0.05) is 11.6 Å². The van der Waals surface area contributed by atoms with E-state index < -0.39 is 12.0 Å². The number of benzene rings is 1. The van der Waals surface area contributed by atoms with Gasteiger partial charge in [-0.15, -0.1) is 0 Å². The van der Waals surface area contributed by atoms with Crippen molar-refractivity contribution >= 4 is 5.97 Å². The second-order valence-corrected chi connectivity index (χ2v) is 6.86. The molecule has 24 heavy (non-hydrogen) atoms. The fraction of sp³-hybridized carbons (Fsp3) is 0.474. The quantitative estimate of drug-likeness (QED) is 0.930. The summed E-state index contributed by atoms with van der Waals surface area (Å²) < 4.78 is 5.89. The number of carboxylic acid groups (broad SMARTS) is 1. The number of nitrogens with zero attached hydrogens (tertiary/aromatic N) is 2. The van der Waals surface area contributed by atoms with Crippen LogP contribution in [0.25, 0.3) is 11.3 Å². The van der Waals surface area contributed by atoms with Gasteiger partial charge in [0.15, 0.2) is 5.76 Å². The van der Waals surface area contributed by atoms with Crippen molar-refractivity contribution in [2.75, 3.05) is 0 Å². The van der Waals surface area contributed by atoms with Gasteiger partial charge in [0.1, 0.15) is 6.04 Å². The largest absolute Gasteiger partial charge is 0.480 e. The number of aromatic nitrogens is 1. The van der Waals surface area contributed by atoms with Crippen molar-refractivity contribution in [3.63, 3.8) is 0 Å². The fourth-order valence-electron chi connectivity index (χ4n) is 4.30. The number of fused-ring (bicyclic) bond motifs is 1. The van der Waals surface area contributed by atoms with Gasteiger partial charge < -0.3 is 9.52 Å². The smallest absolute Gasteiger partial charge is 0.320 e. The Labute approximate surface area is 141 Å². The van der Waals surface area contributed by atoms with Crippen LogP contribution < -0.4 is 0 Å². The number of carboxylic acids is 1. The van der Waals surface area contributed by atoms with E-state index in [0.717, 1.165) is 30.6 Å². The van der Waals surface area contributed by atoms with Gasteiger partial charge in [-0.05, 0) is 25.2 Å². The molecule has 1 N–H and O–H groups in total. The molecule has 2 fully saturated rings. The molecule has 1 saturated carbocycles. The first-order valence-corrected chi connectivity index (χ1v) is 8.71. The lowest BCUT2D eigenvalue weighted by atomic mass is 9.85. The summed E-state index contributed by atoms with van der Waals surface area (Å²) in [5.74, 6) is 1.12. The summed E-state index contributed by atoms with van der Waals surface area (Å²) in [5, 5.41) is 9.60. The molecule has 1 aliphatic heterocycles. The molecule has 0 unspecified atom stereocenters. The number of carbonyl (C=O) groups is 1. The maximum atomic E-state index is 11.7. The molecule has 0 bridgehead atoms. The minimum Gasteiger partial charge on any atom is -0.480 e. The highest BCUT2D eigenvalue weighted by molar-refractivity contribution is 5.74. The van der Waals surface area contributed by atoms with E-state index in [9.17, 15) is 9.90 Å². The van der Waals surface area contributed by atoms with Crippen LogP contribution in [0, 0.1) is 5.92 Å². The Morgan fingerprint density at radius 2 is 2.04 bits per heavy atom. The highest BCUT2D eigenvalue weighted by Crippen LogP contribution is 2.40. The van der Waals surface area contributed by atoms with Crippen LogP contribution in [0.2, 0.25) is 0 Å². The summed E-state index contributed by atoms with van der Waals surface area (Å²) in [6.45, 7) is 0.477. The van der Waals surface area contributed by atoms with Crippen LogP contribution >= 0.6 is 0 Å². The van der Waals surface area contributed by atoms with Crippen LogP contribution in [0.4, 0.5) is 0 Å². The minimum absolute atomic E-state index is 0.354. The van der Waals surface area contributed by atoms with Crippen molar-refractivity contribution in [3.8, 4) is 11.3 Å². The van der Waals surface area contributed by atoms with Crippen molar-refractivity contribution in [2.24, 2.45) is 5.92 Å². The third kappa shape index (κ3) is 2.84. The summed E-state index contributed by atoms with van der Waals surface area (Å²) >= 11 is 0. The topological polar surface area (TPSA) is 66.6 Å². The van der Waals surface area contributed by atoms with Gasteiger partial charge in [-0.25, -0.2) is 4.98 Å². The summed E-state index contributed by atoms with van der Waals surface area (Å²) in [4.78, 5) is 18.2. The van der Waals surface area contributed by atoms with Crippen molar-refractivity contribution in [2.45, 2.75) is 50.7 Å². The third-order valence-electron chi connectivity index (χ3n) is 5.44. The molecule has 2 heterocycles. The zero-order chi connectivity index (χ0) is 16.5. The second-order valence-electron chi connectivity index (χ2n) is 6.86. The molecule has 2 aliphatic rings. The van der Waals surface area contributed by atoms with E-state index in [1.54, 1.807) is 6.20 Å². The predicted octanol–water partition coefficient (Wildman–Crippen LogP) is 3.56. The van der Waals surface area contributed by atoms with Gasteiger partial charge in [-0.2, -0.15) is 0 Å². The number of hydrogen-bond donors (Lipinski definition) is 1. The normalized spacial score (nSPS) is 27.1. The molecule has 1 aromatic heterocycles. The number of hydrogen-bond acceptors (Lipinski definition) is 4. The van der Waals surface area contributed by atoms with Gasteiger partial charge in [0.25, 0.3) is 0 Å². The van der Waals surface area contributed by atoms with Crippen LogP contribution in [0.1, 0.15) is 38.0 Å². The first kappa shape index (κ1) is 15.4. The number of likely N-dealkylation sites (tertiary alicyclic amines) is 1. The molecule has 126 valence electrons. The SMILES string of the molecule is O=C(O)[C@@H]1C[C@@H]2CCCC[C@@H]2N1Cc1ncc(-c2ccccc2)o1. The first-order chi connectivity index (χ1) is 11.7. The maximum absolute atomic E-state index is 11.7. The monoisotopic (exact) mass is 326 g/mol. The summed E-state index contributed by atoms with van der Waals surface area (Å²) in [6, 6.07) is 9.80. The predicted molar refractivity (Wildman–Crippen MR) is 89.3 cm³/mol. The van der Waals surface area contributed by atoms with E-state index in [2.05, 4.69) is 9.88 Å². The lowest BCUT2D eigenvalue weighted by molar-refractivity contribution is -0.143. The summed E-state index contributed by atoms with van der Waals surface area (Å²) in [7, 11) is 0. The molecular weight excluding hydrogens is 304 g/mol. The molecular formula is C19H22N2O3. The lowest BCUT2D eigenvalue weighted by Crippen LogP contribution is -2.41. The highest BCUT2D eigenvalue weighted by atomic mass is 16.4. The lowest BCUT2D eigenvalue weighted by Gasteiger charge is -2.32.